The van der Waals surface area contributed by atoms with Gasteiger partial charge in [0.2, 0.25) is 16.9 Å². The van der Waals surface area contributed by atoms with Crippen molar-refractivity contribution in [3.05, 3.63) is 34.5 Å². The Morgan fingerprint density at radius 2 is 1.58 bits per heavy atom. The monoisotopic (exact) mass is 360 g/mol. The summed E-state index contributed by atoms with van der Waals surface area (Å²) in [6.45, 7) is 0. The Kier molecular flexibility index (Phi) is 4.25. The molecule has 3 rings (SSSR count). The standard InChI is InChI=1S/C18H16O8/c1-23-10-5-4-8(6-9(10)19)17-18(25-3)16(22)13-11(26-17)7-12(24-2)14(20)15(13)21/h4-7,19-21H,1-3H3. The molecule has 0 saturated heterocycles. The average molecular weight is 360 g/mol. The zero-order chi connectivity index (χ0) is 19.0. The fourth-order valence-corrected chi connectivity index (χ4v) is 2.65. The number of ether oxygens (including phenoxy) is 3. The van der Waals surface area contributed by atoms with E-state index in [1.54, 1.807) is 6.07 Å². The Labute approximate surface area is 147 Å². The van der Waals surface area contributed by atoms with Crippen LogP contribution in [-0.2, 0) is 0 Å². The van der Waals surface area contributed by atoms with Gasteiger partial charge in [-0.2, -0.15) is 0 Å². The predicted octanol–water partition coefficient (Wildman–Crippen LogP) is 2.60. The smallest absolute Gasteiger partial charge is 0.239 e. The van der Waals surface area contributed by atoms with Crippen LogP contribution in [-0.4, -0.2) is 36.6 Å². The zero-order valence-corrected chi connectivity index (χ0v) is 14.2. The number of phenols is 3. The van der Waals surface area contributed by atoms with E-state index in [2.05, 4.69) is 0 Å². The second-order valence-corrected chi connectivity index (χ2v) is 5.33. The van der Waals surface area contributed by atoms with Gasteiger partial charge in [-0.15, -0.1) is 0 Å². The zero-order valence-electron chi connectivity index (χ0n) is 14.2. The summed E-state index contributed by atoms with van der Waals surface area (Å²) in [5, 5.41) is 29.8. The van der Waals surface area contributed by atoms with Crippen molar-refractivity contribution in [2.75, 3.05) is 21.3 Å². The lowest BCUT2D eigenvalue weighted by molar-refractivity contribution is 0.351. The predicted molar refractivity (Wildman–Crippen MR) is 92.6 cm³/mol. The van der Waals surface area contributed by atoms with Crippen LogP contribution in [0.4, 0.5) is 0 Å². The first-order valence-corrected chi connectivity index (χ1v) is 7.44. The molecule has 0 aliphatic rings. The summed E-state index contributed by atoms with van der Waals surface area (Å²) in [7, 11) is 3.97. The highest BCUT2D eigenvalue weighted by atomic mass is 16.5. The highest BCUT2D eigenvalue weighted by Crippen LogP contribution is 2.43. The summed E-state index contributed by atoms with van der Waals surface area (Å²) >= 11 is 0. The quantitative estimate of drug-likeness (QED) is 0.608. The largest absolute Gasteiger partial charge is 0.504 e. The number of hydrogen-bond donors (Lipinski definition) is 3. The number of fused-ring (bicyclic) bond motifs is 1. The Hall–Kier alpha value is -3.55. The Morgan fingerprint density at radius 1 is 0.885 bits per heavy atom. The van der Waals surface area contributed by atoms with E-state index < -0.39 is 16.9 Å². The highest BCUT2D eigenvalue weighted by molar-refractivity contribution is 5.91. The van der Waals surface area contributed by atoms with Gasteiger partial charge >= 0.3 is 0 Å². The van der Waals surface area contributed by atoms with Crippen molar-refractivity contribution in [2.45, 2.75) is 0 Å². The van der Waals surface area contributed by atoms with Crippen molar-refractivity contribution >= 4 is 11.0 Å². The third-order valence-electron chi connectivity index (χ3n) is 3.92. The topological polar surface area (TPSA) is 119 Å². The van der Waals surface area contributed by atoms with Crippen LogP contribution in [0.25, 0.3) is 22.3 Å². The normalized spacial score (nSPS) is 10.7. The fraction of sp³-hybridized carbons (Fsp3) is 0.167. The molecular formula is C18H16O8. The van der Waals surface area contributed by atoms with Gasteiger partial charge in [0.1, 0.15) is 11.0 Å². The van der Waals surface area contributed by atoms with Gasteiger partial charge in [0.25, 0.3) is 0 Å². The lowest BCUT2D eigenvalue weighted by atomic mass is 10.1. The molecule has 0 saturated carbocycles. The molecule has 2 aromatic carbocycles. The summed E-state index contributed by atoms with van der Waals surface area (Å²) < 4.78 is 20.8. The molecule has 0 radical (unpaired) electrons. The minimum Gasteiger partial charge on any atom is -0.504 e. The van der Waals surface area contributed by atoms with Crippen LogP contribution in [0.15, 0.2) is 33.5 Å². The van der Waals surface area contributed by atoms with E-state index >= 15 is 0 Å². The molecule has 1 aromatic heterocycles. The minimum atomic E-state index is -0.686. The molecular weight excluding hydrogens is 344 g/mol. The van der Waals surface area contributed by atoms with Gasteiger partial charge < -0.3 is 33.9 Å². The maximum atomic E-state index is 12.8. The third kappa shape index (κ3) is 2.52. The lowest BCUT2D eigenvalue weighted by Crippen LogP contribution is -2.08. The summed E-state index contributed by atoms with van der Waals surface area (Å²) in [4.78, 5) is 12.8. The molecule has 8 nitrogen and oxygen atoms in total. The minimum absolute atomic E-state index is 0.0201. The molecule has 0 fully saturated rings. The molecule has 0 bridgehead atoms. The van der Waals surface area contributed by atoms with Crippen LogP contribution in [0.1, 0.15) is 0 Å². The van der Waals surface area contributed by atoms with Crippen molar-refractivity contribution in [1.29, 1.82) is 0 Å². The number of methoxy groups -OCH3 is 3. The highest BCUT2D eigenvalue weighted by Gasteiger charge is 2.23. The number of aromatic hydroxyl groups is 3. The summed E-state index contributed by atoms with van der Waals surface area (Å²) in [5.41, 5.74) is -0.353. The Morgan fingerprint density at radius 3 is 2.15 bits per heavy atom. The second-order valence-electron chi connectivity index (χ2n) is 5.33. The number of phenolic OH excluding ortho intramolecular Hbond substituents is 3. The molecule has 0 atom stereocenters. The van der Waals surface area contributed by atoms with Crippen LogP contribution in [0.3, 0.4) is 0 Å². The van der Waals surface area contributed by atoms with Crippen LogP contribution in [0.2, 0.25) is 0 Å². The molecule has 0 aliphatic heterocycles. The van der Waals surface area contributed by atoms with Gasteiger partial charge in [0, 0.05) is 11.6 Å². The van der Waals surface area contributed by atoms with Crippen molar-refractivity contribution in [1.82, 2.24) is 0 Å². The maximum absolute atomic E-state index is 12.8. The van der Waals surface area contributed by atoms with Gasteiger partial charge in [-0.3, -0.25) is 4.79 Å². The molecule has 3 N–H and O–H groups in total. The van der Waals surface area contributed by atoms with Crippen molar-refractivity contribution < 1.29 is 33.9 Å². The first-order valence-electron chi connectivity index (χ1n) is 7.44. The Balaban J connectivity index is 2.38. The maximum Gasteiger partial charge on any atom is 0.239 e. The van der Waals surface area contributed by atoms with Gasteiger partial charge in [0.05, 0.1) is 21.3 Å². The van der Waals surface area contributed by atoms with Crippen LogP contribution >= 0.6 is 0 Å². The van der Waals surface area contributed by atoms with Crippen molar-refractivity contribution in [3.63, 3.8) is 0 Å². The number of rotatable bonds is 4. The SMILES string of the molecule is COc1ccc(-c2oc3cc(OC)c(O)c(O)c3c(=O)c2OC)cc1O. The van der Waals surface area contributed by atoms with E-state index in [-0.39, 0.29) is 39.7 Å². The van der Waals surface area contributed by atoms with Crippen LogP contribution < -0.4 is 19.6 Å². The summed E-state index contributed by atoms with van der Waals surface area (Å²) in [6.07, 6.45) is 0. The van der Waals surface area contributed by atoms with E-state index in [1.807, 2.05) is 0 Å². The second kappa shape index (κ2) is 6.40. The van der Waals surface area contributed by atoms with Gasteiger partial charge in [-0.05, 0) is 18.2 Å². The van der Waals surface area contributed by atoms with E-state index in [9.17, 15) is 20.1 Å². The molecule has 8 heteroatoms. The molecule has 0 amide bonds. The average Bonchev–Trinajstić information content (AvgIpc) is 2.64. The summed E-state index contributed by atoms with van der Waals surface area (Å²) in [5.74, 6) is -1.37. The van der Waals surface area contributed by atoms with E-state index in [1.165, 1.54) is 39.5 Å². The van der Waals surface area contributed by atoms with Gasteiger partial charge in [-0.25, -0.2) is 0 Å². The van der Waals surface area contributed by atoms with Crippen LogP contribution in [0.5, 0.6) is 34.5 Å². The van der Waals surface area contributed by atoms with E-state index in [4.69, 9.17) is 18.6 Å². The first-order chi connectivity index (χ1) is 12.4. The van der Waals surface area contributed by atoms with Crippen molar-refractivity contribution in [3.8, 4) is 45.8 Å². The fourth-order valence-electron chi connectivity index (χ4n) is 2.65. The van der Waals surface area contributed by atoms with E-state index in [0.717, 1.165) is 0 Å². The Bertz CT molecular complexity index is 1050. The molecule has 0 unspecified atom stereocenters. The summed E-state index contributed by atoms with van der Waals surface area (Å²) in [6, 6.07) is 5.70. The first kappa shape index (κ1) is 17.3. The lowest BCUT2D eigenvalue weighted by Gasteiger charge is -2.13. The molecule has 3 aromatic rings. The number of hydrogen-bond acceptors (Lipinski definition) is 8. The van der Waals surface area contributed by atoms with Gasteiger partial charge in [-0.1, -0.05) is 0 Å². The third-order valence-corrected chi connectivity index (χ3v) is 3.92. The molecule has 0 aliphatic carbocycles. The number of benzene rings is 2. The molecule has 136 valence electrons. The molecule has 1 heterocycles. The van der Waals surface area contributed by atoms with Gasteiger partial charge in [0.15, 0.2) is 28.8 Å². The van der Waals surface area contributed by atoms with Crippen LogP contribution in [0, 0.1) is 0 Å². The van der Waals surface area contributed by atoms with E-state index in [0.29, 0.717) is 5.56 Å². The molecule has 0 spiro atoms. The molecule has 26 heavy (non-hydrogen) atoms. The van der Waals surface area contributed by atoms with Crippen molar-refractivity contribution in [2.24, 2.45) is 0 Å².